The number of thioether (sulfide) groups is 1. The molecule has 0 fully saturated rings. The number of carbonyl (C=O) groups is 2. The normalized spacial score (nSPS) is 12.2. The van der Waals surface area contributed by atoms with Crippen molar-refractivity contribution in [3.63, 3.8) is 0 Å². The van der Waals surface area contributed by atoms with Crippen LogP contribution in [0.15, 0.2) is 12.2 Å². The van der Waals surface area contributed by atoms with Crippen molar-refractivity contribution < 1.29 is 14.7 Å². The summed E-state index contributed by atoms with van der Waals surface area (Å²) in [5, 5.41) is 14.1. The van der Waals surface area contributed by atoms with Crippen LogP contribution in [0.1, 0.15) is 59.8 Å². The molecule has 0 aliphatic carbocycles. The lowest BCUT2D eigenvalue weighted by Crippen LogP contribution is -2.39. The van der Waals surface area contributed by atoms with E-state index in [4.69, 9.17) is 16.6 Å². The Morgan fingerprint density at radius 3 is 2.14 bits per heavy atom. The number of carbonyl (C=O) groups excluding carboxylic acids is 1. The molecule has 0 aliphatic heterocycles. The maximum atomic E-state index is 11.9. The van der Waals surface area contributed by atoms with Crippen LogP contribution in [0.4, 0.5) is 0 Å². The number of hydrogen-bond donors (Lipinski definition) is 5. The number of nitrogens with two attached hydrogens (primary N) is 2. The molecule has 29 heavy (non-hydrogen) atoms. The highest BCUT2D eigenvalue weighted by Gasteiger charge is 2.15. The van der Waals surface area contributed by atoms with Gasteiger partial charge in [0.05, 0.1) is 5.92 Å². The van der Waals surface area contributed by atoms with E-state index < -0.39 is 5.97 Å². The smallest absolute Gasteiger partial charge is 0.322 e. The first kappa shape index (κ1) is 32.6. The van der Waals surface area contributed by atoms with Gasteiger partial charge in [0.25, 0.3) is 0 Å². The summed E-state index contributed by atoms with van der Waals surface area (Å²) in [4.78, 5) is 22.4. The van der Waals surface area contributed by atoms with Gasteiger partial charge in [-0.3, -0.25) is 9.59 Å². The summed E-state index contributed by atoms with van der Waals surface area (Å²) in [7, 11) is 0. The summed E-state index contributed by atoms with van der Waals surface area (Å²) in [6.45, 7) is 9.84. The number of carboxylic acid groups (broad SMARTS) is 1. The van der Waals surface area contributed by atoms with Gasteiger partial charge in [-0.2, -0.15) is 11.8 Å². The maximum absolute atomic E-state index is 11.9. The summed E-state index contributed by atoms with van der Waals surface area (Å²) < 4.78 is 0. The van der Waals surface area contributed by atoms with E-state index in [1.807, 2.05) is 30.8 Å². The first-order valence-corrected chi connectivity index (χ1v) is 12.0. The van der Waals surface area contributed by atoms with Crippen LogP contribution in [-0.2, 0) is 9.59 Å². The molecule has 0 aromatic rings. The number of hydrogen-bond acceptors (Lipinski definition) is 6. The molecule has 0 rings (SSSR count). The van der Waals surface area contributed by atoms with Gasteiger partial charge in [0.2, 0.25) is 5.91 Å². The Kier molecular flexibility index (Phi) is 30.2. The van der Waals surface area contributed by atoms with Gasteiger partial charge in [0.15, 0.2) is 0 Å². The predicted octanol–water partition coefficient (Wildman–Crippen LogP) is 2.60. The highest BCUT2D eigenvalue weighted by molar-refractivity contribution is 7.98. The van der Waals surface area contributed by atoms with Crippen molar-refractivity contribution in [1.82, 2.24) is 10.6 Å². The second-order valence-corrected chi connectivity index (χ2v) is 7.67. The van der Waals surface area contributed by atoms with Crippen LogP contribution in [-0.4, -0.2) is 61.2 Å². The minimum Gasteiger partial charge on any atom is -0.480 e. The summed E-state index contributed by atoms with van der Waals surface area (Å²) >= 11 is 1.86. The van der Waals surface area contributed by atoms with E-state index in [1.165, 1.54) is 18.6 Å². The molecule has 8 heteroatoms. The number of carboxylic acids is 1. The van der Waals surface area contributed by atoms with Crippen molar-refractivity contribution in [2.24, 2.45) is 17.4 Å². The lowest BCUT2D eigenvalue weighted by molar-refractivity contribution is -0.138. The third kappa shape index (κ3) is 29.2. The quantitative estimate of drug-likeness (QED) is 0.210. The third-order valence-corrected chi connectivity index (χ3v) is 4.33. The first-order chi connectivity index (χ1) is 13.8. The first-order valence-electron chi connectivity index (χ1n) is 10.7. The molecule has 0 radical (unpaired) electrons. The van der Waals surface area contributed by atoms with Gasteiger partial charge >= 0.3 is 5.97 Å². The molecule has 0 unspecified atom stereocenters. The second kappa shape index (κ2) is 26.9. The highest BCUT2D eigenvalue weighted by Crippen LogP contribution is 2.10. The van der Waals surface area contributed by atoms with Gasteiger partial charge in [-0.1, -0.05) is 65.5 Å². The zero-order chi connectivity index (χ0) is 22.9. The van der Waals surface area contributed by atoms with E-state index in [2.05, 4.69) is 37.7 Å². The molecule has 7 nitrogen and oxygen atoms in total. The Morgan fingerprint density at radius 1 is 1.14 bits per heavy atom. The lowest BCUT2D eigenvalue weighted by atomic mass is 10.0. The van der Waals surface area contributed by atoms with Crippen LogP contribution < -0.4 is 22.1 Å². The van der Waals surface area contributed by atoms with Crippen LogP contribution >= 0.6 is 11.8 Å². The van der Waals surface area contributed by atoms with Gasteiger partial charge in [-0.25, -0.2) is 0 Å². The average molecular weight is 435 g/mol. The molecule has 0 spiro atoms. The number of unbranched alkanes of at least 4 members (excludes halogenated alkanes) is 2. The average Bonchev–Trinajstić information content (AvgIpc) is 2.73. The molecule has 0 saturated carbocycles. The fourth-order valence-electron chi connectivity index (χ4n) is 1.70. The van der Waals surface area contributed by atoms with Gasteiger partial charge in [-0.15, -0.1) is 0 Å². The molecule has 0 bridgehead atoms. The molecule has 2 atom stereocenters. The molecule has 0 saturated heterocycles. The van der Waals surface area contributed by atoms with Crippen LogP contribution in [0.3, 0.4) is 0 Å². The highest BCUT2D eigenvalue weighted by atomic mass is 32.2. The van der Waals surface area contributed by atoms with E-state index in [0.717, 1.165) is 12.8 Å². The Balaban J connectivity index is -0.000000712. The van der Waals surface area contributed by atoms with Crippen molar-refractivity contribution in [3.8, 4) is 0 Å². The molecular formula is C21H46N4O3S. The van der Waals surface area contributed by atoms with Crippen molar-refractivity contribution in [2.45, 2.75) is 65.8 Å². The van der Waals surface area contributed by atoms with E-state index in [1.54, 1.807) is 0 Å². The lowest BCUT2D eigenvalue weighted by Gasteiger charge is -2.12. The van der Waals surface area contributed by atoms with Gasteiger partial charge in [0, 0.05) is 25.7 Å². The van der Waals surface area contributed by atoms with Gasteiger partial charge < -0.3 is 27.2 Å². The minimum atomic E-state index is -1.04. The predicted molar refractivity (Wildman–Crippen MR) is 127 cm³/mol. The Bertz CT molecular complexity index is 388. The number of amides is 1. The van der Waals surface area contributed by atoms with Crippen LogP contribution in [0, 0.1) is 5.92 Å². The minimum absolute atomic E-state index is 0.0758. The summed E-state index contributed by atoms with van der Waals surface area (Å²) in [6, 6.07) is -0.0758. The molecule has 7 N–H and O–H groups in total. The summed E-state index contributed by atoms with van der Waals surface area (Å²) in [6.07, 6.45) is 11.0. The van der Waals surface area contributed by atoms with Crippen LogP contribution in [0.25, 0.3) is 0 Å². The molecule has 0 aromatic heterocycles. The fourth-order valence-corrected chi connectivity index (χ4v) is 1.70. The fraction of sp³-hybridized carbons (Fsp3) is 0.810. The van der Waals surface area contributed by atoms with E-state index >= 15 is 0 Å². The molecule has 0 heterocycles. The standard InChI is InChI=1S/C14H28N4O3.C4H10.C3H8S/c1-2-3-5-11(14(21)18-10-13(19)20)6-4-7-17-9-12(16)8-15;2*1-3-4-2/h4,6,11-12,17H,2-3,5,7-10,15-16H2,1H3,(H,18,21)(H,19,20);3-4H2,1-2H3;3H2,1-2H3/b6-4+;;/t11-,12+;;/m1../s1. The molecule has 1 amide bonds. The maximum Gasteiger partial charge on any atom is 0.322 e. The molecule has 0 aliphatic rings. The summed E-state index contributed by atoms with van der Waals surface area (Å²) in [5.74, 6) is -0.353. The van der Waals surface area contributed by atoms with Crippen LogP contribution in [0.2, 0.25) is 0 Å². The molecular weight excluding hydrogens is 388 g/mol. The number of rotatable bonds is 14. The van der Waals surface area contributed by atoms with E-state index in [0.29, 0.717) is 26.1 Å². The monoisotopic (exact) mass is 434 g/mol. The van der Waals surface area contributed by atoms with Gasteiger partial charge in [0.1, 0.15) is 6.54 Å². The Hall–Kier alpha value is -1.09. The zero-order valence-corrected chi connectivity index (χ0v) is 20.0. The van der Waals surface area contributed by atoms with Crippen molar-refractivity contribution in [1.29, 1.82) is 0 Å². The molecule has 174 valence electrons. The number of aliphatic carboxylic acids is 1. The van der Waals surface area contributed by atoms with Crippen LogP contribution in [0.5, 0.6) is 0 Å². The van der Waals surface area contributed by atoms with E-state index in [9.17, 15) is 9.59 Å². The zero-order valence-electron chi connectivity index (χ0n) is 19.2. The van der Waals surface area contributed by atoms with E-state index in [-0.39, 0.29) is 24.4 Å². The van der Waals surface area contributed by atoms with Crippen molar-refractivity contribution in [2.75, 3.05) is 38.2 Å². The van der Waals surface area contributed by atoms with Crippen molar-refractivity contribution >= 4 is 23.6 Å². The number of nitrogens with one attached hydrogen (secondary N) is 2. The second-order valence-electron chi connectivity index (χ2n) is 6.52. The molecule has 0 aromatic carbocycles. The SMILES string of the molecule is CCCC.CCCC[C@H](/C=C/CNC[C@@H](N)CN)C(=O)NCC(=O)O.CCSC. The Morgan fingerprint density at radius 2 is 1.72 bits per heavy atom. The summed E-state index contributed by atoms with van der Waals surface area (Å²) in [5.41, 5.74) is 11.1. The Labute approximate surface area is 182 Å². The third-order valence-electron chi connectivity index (χ3n) is 3.75. The largest absolute Gasteiger partial charge is 0.480 e. The topological polar surface area (TPSA) is 130 Å². The van der Waals surface area contributed by atoms with Gasteiger partial charge in [-0.05, 0) is 18.4 Å². The van der Waals surface area contributed by atoms with Crippen molar-refractivity contribution in [3.05, 3.63) is 12.2 Å².